The molecule has 0 unspecified atom stereocenters. The van der Waals surface area contributed by atoms with Crippen molar-refractivity contribution in [2.24, 2.45) is 5.92 Å². The highest BCUT2D eigenvalue weighted by molar-refractivity contribution is 5.75. The molecule has 2 aromatic heterocycles. The van der Waals surface area contributed by atoms with Crippen molar-refractivity contribution in [3.05, 3.63) is 59.7 Å². The zero-order valence-electron chi connectivity index (χ0n) is 19.1. The highest BCUT2D eigenvalue weighted by Crippen LogP contribution is 2.44. The van der Waals surface area contributed by atoms with E-state index in [1.165, 1.54) is 87.2 Å². The summed E-state index contributed by atoms with van der Waals surface area (Å²) in [6.45, 7) is 6.90. The molecule has 0 radical (unpaired) electrons. The summed E-state index contributed by atoms with van der Waals surface area (Å²) in [5.41, 5.74) is 5.21. The zero-order chi connectivity index (χ0) is 21.3. The third kappa shape index (κ3) is 3.86. The zero-order valence-corrected chi connectivity index (χ0v) is 19.1. The van der Waals surface area contributed by atoms with Crippen molar-refractivity contribution in [3.63, 3.8) is 0 Å². The van der Waals surface area contributed by atoms with Crippen LogP contribution in [0.4, 0.5) is 0 Å². The molecule has 2 fully saturated rings. The topological polar surface area (TPSA) is 37.2 Å². The Morgan fingerprint density at radius 2 is 1.81 bits per heavy atom. The molecule has 3 aromatic rings. The van der Waals surface area contributed by atoms with Crippen LogP contribution >= 0.6 is 0 Å². The van der Waals surface area contributed by atoms with Gasteiger partial charge in [0.25, 0.3) is 0 Å². The third-order valence-electron chi connectivity index (χ3n) is 8.00. The highest BCUT2D eigenvalue weighted by atomic mass is 15.2. The number of benzene rings is 1. The number of fused-ring (bicyclic) bond motifs is 4. The number of likely N-dealkylation sites (tertiary alicyclic amines) is 2. The Labute approximate surface area is 191 Å². The van der Waals surface area contributed by atoms with Gasteiger partial charge in [-0.05, 0) is 94.4 Å². The van der Waals surface area contributed by atoms with Crippen LogP contribution in [0.2, 0.25) is 0 Å². The molecule has 5 heteroatoms. The number of aromatic nitrogens is 3. The van der Waals surface area contributed by atoms with Gasteiger partial charge in [0, 0.05) is 12.7 Å². The lowest BCUT2D eigenvalue weighted by molar-refractivity contribution is 0.194. The molecule has 2 aliphatic heterocycles. The number of piperidine rings is 1. The van der Waals surface area contributed by atoms with Crippen molar-refractivity contribution in [2.45, 2.75) is 64.1 Å². The number of hydrogen-bond acceptors (Lipinski definition) is 4. The average Bonchev–Trinajstić information content (AvgIpc) is 3.41. The summed E-state index contributed by atoms with van der Waals surface area (Å²) in [5.74, 6) is 1.97. The first-order valence-electron chi connectivity index (χ1n) is 12.7. The smallest absolute Gasteiger partial charge is 0.124 e. The van der Waals surface area contributed by atoms with Gasteiger partial charge in [-0.1, -0.05) is 24.6 Å². The van der Waals surface area contributed by atoms with E-state index in [2.05, 4.69) is 50.8 Å². The van der Waals surface area contributed by atoms with Crippen LogP contribution < -0.4 is 0 Å². The Morgan fingerprint density at radius 3 is 2.75 bits per heavy atom. The van der Waals surface area contributed by atoms with Crippen LogP contribution in [-0.2, 0) is 19.5 Å². The summed E-state index contributed by atoms with van der Waals surface area (Å²) < 4.78 is 2.51. The van der Waals surface area contributed by atoms with Crippen LogP contribution in [0.5, 0.6) is 0 Å². The lowest BCUT2D eigenvalue weighted by Crippen LogP contribution is -2.32. The maximum absolute atomic E-state index is 5.12. The molecule has 168 valence electrons. The first-order valence-corrected chi connectivity index (χ1v) is 12.7. The quantitative estimate of drug-likeness (QED) is 0.563. The molecule has 1 aromatic carbocycles. The molecule has 3 aliphatic rings. The predicted molar refractivity (Wildman–Crippen MR) is 128 cm³/mol. The molecule has 2 saturated heterocycles. The van der Waals surface area contributed by atoms with Crippen molar-refractivity contribution < 1.29 is 0 Å². The number of imidazole rings is 1. The second kappa shape index (κ2) is 8.95. The lowest BCUT2D eigenvalue weighted by Gasteiger charge is -2.32. The van der Waals surface area contributed by atoms with E-state index in [9.17, 15) is 0 Å². The molecule has 32 heavy (non-hydrogen) atoms. The average molecular weight is 430 g/mol. The summed E-state index contributed by atoms with van der Waals surface area (Å²) in [6.07, 6.45) is 11.1. The minimum atomic E-state index is 0.460. The molecule has 0 saturated carbocycles. The van der Waals surface area contributed by atoms with E-state index < -0.39 is 0 Å². The minimum Gasteiger partial charge on any atom is -0.327 e. The van der Waals surface area contributed by atoms with Gasteiger partial charge >= 0.3 is 0 Å². The predicted octanol–water partition coefficient (Wildman–Crippen LogP) is 4.82. The highest BCUT2D eigenvalue weighted by Gasteiger charge is 2.40. The van der Waals surface area contributed by atoms with Crippen molar-refractivity contribution >= 4 is 11.0 Å². The molecule has 6 rings (SSSR count). The Kier molecular flexibility index (Phi) is 5.70. The van der Waals surface area contributed by atoms with E-state index in [0.717, 1.165) is 31.1 Å². The first-order chi connectivity index (χ1) is 15.9. The molecule has 2 atom stereocenters. The lowest BCUT2D eigenvalue weighted by atomic mass is 9.83. The Hall–Kier alpha value is -2.24. The van der Waals surface area contributed by atoms with E-state index >= 15 is 0 Å². The molecule has 0 spiro atoms. The fourth-order valence-electron chi connectivity index (χ4n) is 6.38. The van der Waals surface area contributed by atoms with Crippen molar-refractivity contribution in [1.82, 2.24) is 24.3 Å². The van der Waals surface area contributed by atoms with Crippen LogP contribution in [-0.4, -0.2) is 50.5 Å². The Balaban J connectivity index is 1.24. The summed E-state index contributed by atoms with van der Waals surface area (Å²) >= 11 is 0. The molecule has 0 bridgehead atoms. The van der Waals surface area contributed by atoms with Gasteiger partial charge in [0.2, 0.25) is 0 Å². The fourth-order valence-corrected chi connectivity index (χ4v) is 6.38. The number of hydrogen-bond donors (Lipinski definition) is 0. The number of nitrogens with zero attached hydrogens (tertiary/aromatic N) is 5. The molecule has 1 aliphatic carbocycles. The summed E-state index contributed by atoms with van der Waals surface area (Å²) in [5, 5.41) is 0. The van der Waals surface area contributed by atoms with E-state index in [0.29, 0.717) is 6.04 Å². The van der Waals surface area contributed by atoms with Gasteiger partial charge in [-0.15, -0.1) is 0 Å². The van der Waals surface area contributed by atoms with Crippen molar-refractivity contribution in [1.29, 1.82) is 0 Å². The van der Waals surface area contributed by atoms with Crippen LogP contribution in [0, 0.1) is 5.92 Å². The molecular weight excluding hydrogens is 394 g/mol. The summed E-state index contributed by atoms with van der Waals surface area (Å²) in [7, 11) is 0. The van der Waals surface area contributed by atoms with Gasteiger partial charge in [-0.25, -0.2) is 4.98 Å². The largest absolute Gasteiger partial charge is 0.327 e. The maximum atomic E-state index is 5.12. The normalized spacial score (nSPS) is 24.0. The van der Waals surface area contributed by atoms with E-state index in [-0.39, 0.29) is 0 Å². The van der Waals surface area contributed by atoms with E-state index in [1.807, 2.05) is 6.20 Å². The first kappa shape index (κ1) is 20.4. The van der Waals surface area contributed by atoms with Crippen LogP contribution in [0.25, 0.3) is 11.0 Å². The standard InChI is InChI=1S/C27H35N5/c1-4-15-30(16-5-1)17-7-18-32-24-10-3-2-9-23(24)29-25(32)20-31-19-13-22-12-11-21-8-6-14-28-26(21)27(22)31/h2-3,6,8-10,14,22,27H,1,4-5,7,11-13,15-20H2/t22-,27-/m0/s1. The van der Waals surface area contributed by atoms with Crippen LogP contribution in [0.3, 0.4) is 0 Å². The van der Waals surface area contributed by atoms with Gasteiger partial charge in [0.1, 0.15) is 5.82 Å². The molecule has 0 amide bonds. The van der Waals surface area contributed by atoms with Crippen LogP contribution in [0.15, 0.2) is 42.6 Å². The van der Waals surface area contributed by atoms with Gasteiger partial charge in [0.15, 0.2) is 0 Å². The molecule has 0 N–H and O–H groups in total. The Morgan fingerprint density at radius 1 is 0.906 bits per heavy atom. The molecule has 4 heterocycles. The summed E-state index contributed by atoms with van der Waals surface area (Å²) in [4.78, 5) is 15.3. The number of rotatable bonds is 6. The number of pyridine rings is 1. The van der Waals surface area contributed by atoms with Gasteiger partial charge in [0.05, 0.1) is 29.3 Å². The minimum absolute atomic E-state index is 0.460. The second-order valence-corrected chi connectivity index (χ2v) is 9.97. The molecular formula is C27H35N5. The van der Waals surface area contributed by atoms with Crippen molar-refractivity contribution in [3.8, 4) is 0 Å². The number of aryl methyl sites for hydroxylation is 2. The van der Waals surface area contributed by atoms with Crippen molar-refractivity contribution in [2.75, 3.05) is 26.2 Å². The fraction of sp³-hybridized carbons (Fsp3) is 0.556. The van der Waals surface area contributed by atoms with Gasteiger partial charge in [-0.3, -0.25) is 9.88 Å². The third-order valence-corrected chi connectivity index (χ3v) is 8.00. The van der Waals surface area contributed by atoms with Gasteiger partial charge < -0.3 is 9.47 Å². The van der Waals surface area contributed by atoms with Crippen LogP contribution in [0.1, 0.15) is 61.6 Å². The second-order valence-electron chi connectivity index (χ2n) is 9.97. The van der Waals surface area contributed by atoms with E-state index in [4.69, 9.17) is 9.97 Å². The summed E-state index contributed by atoms with van der Waals surface area (Å²) in [6, 6.07) is 13.5. The monoisotopic (exact) mass is 429 g/mol. The maximum Gasteiger partial charge on any atom is 0.124 e. The van der Waals surface area contributed by atoms with Gasteiger partial charge in [-0.2, -0.15) is 0 Å². The Bertz CT molecular complexity index is 1070. The van der Waals surface area contributed by atoms with E-state index in [1.54, 1.807) is 0 Å². The SMILES string of the molecule is c1cnc2c(c1)CC[C@H]1CCN(Cc3nc4ccccc4n3CCCN3CCCCC3)[C@H]21. The number of para-hydroxylation sites is 2. The molecule has 5 nitrogen and oxygen atoms in total.